The quantitative estimate of drug-likeness (QED) is 0.461. The summed E-state index contributed by atoms with van der Waals surface area (Å²) in [6.45, 7) is 2.38. The molecule has 3 rings (SSSR count). The molecule has 0 unspecified atom stereocenters. The maximum absolute atomic E-state index is 13.8. The SMILES string of the molecule is N#Cc1ccc(CN2CCN(Cc3c(F)c(F)c(F)c(F)c3F)CC2)cc1. The van der Waals surface area contributed by atoms with Crippen LogP contribution in [0, 0.1) is 40.4 Å². The highest BCUT2D eigenvalue weighted by atomic mass is 19.2. The first-order chi connectivity index (χ1) is 12.9. The fourth-order valence-corrected chi connectivity index (χ4v) is 3.06. The summed E-state index contributed by atoms with van der Waals surface area (Å²) in [5.74, 6) is -9.51. The first kappa shape index (κ1) is 19.3. The monoisotopic (exact) mass is 381 g/mol. The largest absolute Gasteiger partial charge is 0.297 e. The van der Waals surface area contributed by atoms with Gasteiger partial charge in [-0.15, -0.1) is 0 Å². The van der Waals surface area contributed by atoms with Gasteiger partial charge in [0.05, 0.1) is 11.6 Å². The van der Waals surface area contributed by atoms with Gasteiger partial charge in [0.1, 0.15) is 0 Å². The van der Waals surface area contributed by atoms with Crippen molar-refractivity contribution in [3.63, 3.8) is 0 Å². The Morgan fingerprint density at radius 3 is 1.63 bits per heavy atom. The Hall–Kier alpha value is -2.50. The molecule has 1 saturated heterocycles. The molecule has 1 fully saturated rings. The first-order valence-electron chi connectivity index (χ1n) is 8.34. The van der Waals surface area contributed by atoms with Crippen molar-refractivity contribution in [2.45, 2.75) is 13.1 Å². The lowest BCUT2D eigenvalue weighted by atomic mass is 10.1. The maximum Gasteiger partial charge on any atom is 0.200 e. The molecule has 0 aliphatic carbocycles. The molecule has 1 aliphatic rings. The second kappa shape index (κ2) is 8.03. The molecule has 0 spiro atoms. The predicted molar refractivity (Wildman–Crippen MR) is 87.9 cm³/mol. The highest BCUT2D eigenvalue weighted by molar-refractivity contribution is 5.31. The molecule has 0 atom stereocenters. The smallest absolute Gasteiger partial charge is 0.200 e. The highest BCUT2D eigenvalue weighted by Gasteiger charge is 2.27. The molecule has 0 bridgehead atoms. The van der Waals surface area contributed by atoms with Gasteiger partial charge in [-0.2, -0.15) is 5.26 Å². The summed E-state index contributed by atoms with van der Waals surface area (Å²) in [7, 11) is 0. The number of hydrogen-bond acceptors (Lipinski definition) is 3. The summed E-state index contributed by atoms with van der Waals surface area (Å²) >= 11 is 0. The Bertz CT molecular complexity index is 839. The fraction of sp³-hybridized carbons (Fsp3) is 0.316. The van der Waals surface area contributed by atoms with E-state index in [2.05, 4.69) is 4.90 Å². The van der Waals surface area contributed by atoms with E-state index in [1.165, 1.54) is 0 Å². The molecule has 2 aromatic rings. The third-order valence-corrected chi connectivity index (χ3v) is 4.64. The van der Waals surface area contributed by atoms with Crippen LogP contribution in [0.4, 0.5) is 22.0 Å². The zero-order chi connectivity index (χ0) is 19.6. The van der Waals surface area contributed by atoms with E-state index in [1.54, 1.807) is 17.0 Å². The van der Waals surface area contributed by atoms with Gasteiger partial charge in [0.15, 0.2) is 23.3 Å². The number of nitrogens with zero attached hydrogens (tertiary/aromatic N) is 3. The van der Waals surface area contributed by atoms with Crippen molar-refractivity contribution in [1.29, 1.82) is 5.26 Å². The third-order valence-electron chi connectivity index (χ3n) is 4.64. The van der Waals surface area contributed by atoms with Gasteiger partial charge in [-0.1, -0.05) is 12.1 Å². The molecule has 0 aromatic heterocycles. The summed E-state index contributed by atoms with van der Waals surface area (Å²) in [6, 6.07) is 9.23. The summed E-state index contributed by atoms with van der Waals surface area (Å²) in [6.07, 6.45) is 0. The zero-order valence-electron chi connectivity index (χ0n) is 14.3. The standard InChI is InChI=1S/C19H16F5N3/c20-15-14(16(21)18(23)19(24)17(15)22)11-27-7-5-26(6-8-27)10-13-3-1-12(9-25)2-4-13/h1-4H,5-8,10-11H2. The van der Waals surface area contributed by atoms with Crippen LogP contribution < -0.4 is 0 Å². The lowest BCUT2D eigenvalue weighted by Crippen LogP contribution is -2.45. The van der Waals surface area contributed by atoms with Gasteiger partial charge in [0.25, 0.3) is 0 Å². The van der Waals surface area contributed by atoms with Crippen LogP contribution in [0.5, 0.6) is 0 Å². The summed E-state index contributed by atoms with van der Waals surface area (Å²) in [5, 5.41) is 8.80. The van der Waals surface area contributed by atoms with Crippen LogP contribution >= 0.6 is 0 Å². The number of nitriles is 1. The molecule has 0 N–H and O–H groups in total. The number of piperazine rings is 1. The number of hydrogen-bond donors (Lipinski definition) is 0. The van der Waals surface area contributed by atoms with Crippen LogP contribution in [0.25, 0.3) is 0 Å². The zero-order valence-corrected chi connectivity index (χ0v) is 14.3. The summed E-state index contributed by atoms with van der Waals surface area (Å²) in [5.41, 5.74) is 0.806. The van der Waals surface area contributed by atoms with Gasteiger partial charge >= 0.3 is 0 Å². The lowest BCUT2D eigenvalue weighted by Gasteiger charge is -2.34. The Morgan fingerprint density at radius 2 is 1.15 bits per heavy atom. The average molecular weight is 381 g/mol. The van der Waals surface area contributed by atoms with Crippen molar-refractivity contribution in [3.05, 3.63) is 70.0 Å². The lowest BCUT2D eigenvalue weighted by molar-refractivity contribution is 0.119. The molecule has 1 heterocycles. The first-order valence-corrected chi connectivity index (χ1v) is 8.34. The van der Waals surface area contributed by atoms with Crippen molar-refractivity contribution in [1.82, 2.24) is 9.80 Å². The molecule has 27 heavy (non-hydrogen) atoms. The molecule has 0 amide bonds. The van der Waals surface area contributed by atoms with Gasteiger partial charge in [-0.3, -0.25) is 9.80 Å². The van der Waals surface area contributed by atoms with Gasteiger partial charge in [-0.05, 0) is 17.7 Å². The molecule has 3 nitrogen and oxygen atoms in total. The van der Waals surface area contributed by atoms with Gasteiger partial charge < -0.3 is 0 Å². The second-order valence-electron chi connectivity index (χ2n) is 6.41. The van der Waals surface area contributed by atoms with Crippen LogP contribution in [-0.4, -0.2) is 36.0 Å². The normalized spacial score (nSPS) is 15.7. The average Bonchev–Trinajstić information content (AvgIpc) is 2.70. The molecule has 142 valence electrons. The molecular weight excluding hydrogens is 365 g/mol. The van der Waals surface area contributed by atoms with Gasteiger partial charge in [-0.25, -0.2) is 22.0 Å². The van der Waals surface area contributed by atoms with E-state index in [4.69, 9.17) is 5.26 Å². The topological polar surface area (TPSA) is 30.3 Å². The molecular formula is C19H16F5N3. The molecule has 0 radical (unpaired) electrons. The summed E-state index contributed by atoms with van der Waals surface area (Å²) < 4.78 is 67.3. The van der Waals surface area contributed by atoms with Crippen LogP contribution in [0.15, 0.2) is 24.3 Å². The van der Waals surface area contributed by atoms with Crippen molar-refractivity contribution < 1.29 is 22.0 Å². The minimum Gasteiger partial charge on any atom is -0.297 e. The van der Waals surface area contributed by atoms with Crippen molar-refractivity contribution in [2.24, 2.45) is 0 Å². The number of rotatable bonds is 4. The Labute approximate surface area is 153 Å². The Morgan fingerprint density at radius 1 is 0.704 bits per heavy atom. The number of benzene rings is 2. The van der Waals surface area contributed by atoms with Crippen molar-refractivity contribution in [3.8, 4) is 6.07 Å². The van der Waals surface area contributed by atoms with Crippen molar-refractivity contribution in [2.75, 3.05) is 26.2 Å². The maximum atomic E-state index is 13.8. The summed E-state index contributed by atoms with van der Waals surface area (Å²) in [4.78, 5) is 3.78. The highest BCUT2D eigenvalue weighted by Crippen LogP contribution is 2.24. The molecule has 2 aromatic carbocycles. The van der Waals surface area contributed by atoms with Crippen LogP contribution in [-0.2, 0) is 13.1 Å². The van der Waals surface area contributed by atoms with Gasteiger partial charge in [0, 0.05) is 44.8 Å². The van der Waals surface area contributed by atoms with E-state index in [9.17, 15) is 22.0 Å². The Kier molecular flexibility index (Phi) is 5.73. The second-order valence-corrected chi connectivity index (χ2v) is 6.41. The van der Waals surface area contributed by atoms with E-state index in [0.717, 1.165) is 5.56 Å². The molecule has 1 aliphatic heterocycles. The number of halogens is 5. The van der Waals surface area contributed by atoms with E-state index in [0.29, 0.717) is 38.3 Å². The van der Waals surface area contributed by atoms with E-state index >= 15 is 0 Å². The van der Waals surface area contributed by atoms with E-state index in [-0.39, 0.29) is 6.54 Å². The van der Waals surface area contributed by atoms with E-state index in [1.807, 2.05) is 18.2 Å². The van der Waals surface area contributed by atoms with Gasteiger partial charge in [0.2, 0.25) is 5.82 Å². The van der Waals surface area contributed by atoms with Crippen LogP contribution in [0.1, 0.15) is 16.7 Å². The minimum absolute atomic E-state index is 0.337. The predicted octanol–water partition coefficient (Wildman–Crippen LogP) is 3.57. The van der Waals surface area contributed by atoms with Crippen LogP contribution in [0.2, 0.25) is 0 Å². The Balaban J connectivity index is 1.61. The molecule has 8 heteroatoms. The molecule has 0 saturated carbocycles. The van der Waals surface area contributed by atoms with Crippen LogP contribution in [0.3, 0.4) is 0 Å². The fourth-order valence-electron chi connectivity index (χ4n) is 3.06. The van der Waals surface area contributed by atoms with E-state index < -0.39 is 34.6 Å². The minimum atomic E-state index is -2.14. The van der Waals surface area contributed by atoms with Crippen molar-refractivity contribution >= 4 is 0 Å². The third kappa shape index (κ3) is 4.10.